The van der Waals surface area contributed by atoms with Gasteiger partial charge in [-0.3, -0.25) is 0 Å². The molecule has 16 heavy (non-hydrogen) atoms. The van der Waals surface area contributed by atoms with Crippen LogP contribution in [-0.4, -0.2) is 13.0 Å². The molecule has 86 valence electrons. The van der Waals surface area contributed by atoms with E-state index in [0.717, 1.165) is 10.9 Å². The molecule has 2 rings (SSSR count). The van der Waals surface area contributed by atoms with Gasteiger partial charge in [0.1, 0.15) is 0 Å². The molecule has 0 atom stereocenters. The second kappa shape index (κ2) is 3.95. The van der Waals surface area contributed by atoms with Crippen LogP contribution in [0.2, 0.25) is 5.02 Å². The minimum absolute atomic E-state index is 0.185. The molecule has 0 spiro atoms. The number of hydrogen-bond acceptors (Lipinski definition) is 2. The van der Waals surface area contributed by atoms with Gasteiger partial charge < -0.3 is 4.57 Å². The maximum atomic E-state index is 11.0. The summed E-state index contributed by atoms with van der Waals surface area (Å²) in [5.74, 6) is -0.185. The predicted molar refractivity (Wildman–Crippen MR) is 66.4 cm³/mol. The Labute approximate surface area is 103 Å². The molecule has 0 bridgehead atoms. The van der Waals surface area contributed by atoms with Crippen LogP contribution in [0.15, 0.2) is 24.4 Å². The van der Waals surface area contributed by atoms with E-state index >= 15 is 0 Å². The summed E-state index contributed by atoms with van der Waals surface area (Å²) >= 11 is 6.02. The van der Waals surface area contributed by atoms with Crippen LogP contribution in [-0.2, 0) is 21.9 Å². The van der Waals surface area contributed by atoms with Crippen LogP contribution < -0.4 is 0 Å². The molecule has 0 N–H and O–H groups in total. The summed E-state index contributed by atoms with van der Waals surface area (Å²) in [6.45, 7) is 0. The van der Waals surface area contributed by atoms with Gasteiger partial charge in [0, 0.05) is 34.8 Å². The Morgan fingerprint density at radius 1 is 1.38 bits per heavy atom. The van der Waals surface area contributed by atoms with Gasteiger partial charge in [-0.1, -0.05) is 17.7 Å². The Bertz CT molecular complexity index is 646. The van der Waals surface area contributed by atoms with Gasteiger partial charge in [-0.15, -0.1) is 0 Å². The zero-order chi connectivity index (χ0) is 11.9. The average molecular weight is 278 g/mol. The Balaban J connectivity index is 2.56. The van der Waals surface area contributed by atoms with Gasteiger partial charge in [0.25, 0.3) is 0 Å². The second-order valence-electron chi connectivity index (χ2n) is 3.62. The van der Waals surface area contributed by atoms with Crippen molar-refractivity contribution in [2.75, 3.05) is 0 Å². The summed E-state index contributed by atoms with van der Waals surface area (Å²) in [5.41, 5.74) is 1.59. The molecule has 0 amide bonds. The number of aryl methyl sites for hydroxylation is 1. The van der Waals surface area contributed by atoms with Crippen LogP contribution in [0.1, 0.15) is 5.56 Å². The normalized spacial score (nSPS) is 12.2. The Hall–Kier alpha value is -0.710. The van der Waals surface area contributed by atoms with Crippen molar-refractivity contribution in [3.05, 3.63) is 35.0 Å². The van der Waals surface area contributed by atoms with Gasteiger partial charge in [-0.25, -0.2) is 8.42 Å². The van der Waals surface area contributed by atoms with E-state index in [-0.39, 0.29) is 5.75 Å². The van der Waals surface area contributed by atoms with Crippen molar-refractivity contribution >= 4 is 42.2 Å². The van der Waals surface area contributed by atoms with Gasteiger partial charge in [0.15, 0.2) is 0 Å². The van der Waals surface area contributed by atoms with E-state index in [9.17, 15) is 8.42 Å². The molecule has 0 fully saturated rings. The Morgan fingerprint density at radius 2 is 2.06 bits per heavy atom. The third-order valence-corrected chi connectivity index (χ3v) is 3.65. The van der Waals surface area contributed by atoms with Crippen LogP contribution in [0.3, 0.4) is 0 Å². The minimum atomic E-state index is -3.53. The molecular formula is C10H9Cl2NO2S. The fraction of sp³-hybridized carbons (Fsp3) is 0.200. The van der Waals surface area contributed by atoms with E-state index in [0.29, 0.717) is 10.6 Å². The first-order chi connectivity index (χ1) is 7.37. The quantitative estimate of drug-likeness (QED) is 0.792. The van der Waals surface area contributed by atoms with Crippen LogP contribution in [0, 0.1) is 0 Å². The van der Waals surface area contributed by atoms with E-state index in [1.807, 2.05) is 17.7 Å². The zero-order valence-corrected chi connectivity index (χ0v) is 10.8. The minimum Gasteiger partial charge on any atom is -0.349 e. The zero-order valence-electron chi connectivity index (χ0n) is 8.44. The first-order valence-electron chi connectivity index (χ1n) is 4.52. The molecule has 0 unspecified atom stereocenters. The predicted octanol–water partition coefficient (Wildman–Crippen LogP) is 2.90. The average Bonchev–Trinajstić information content (AvgIpc) is 2.40. The molecule has 0 saturated heterocycles. The topological polar surface area (TPSA) is 39.1 Å². The van der Waals surface area contributed by atoms with Crippen LogP contribution in [0.25, 0.3) is 10.9 Å². The number of rotatable bonds is 2. The second-order valence-corrected chi connectivity index (χ2v) is 6.81. The monoisotopic (exact) mass is 277 g/mol. The number of hydrogen-bond donors (Lipinski definition) is 0. The summed E-state index contributed by atoms with van der Waals surface area (Å²) in [6.07, 6.45) is 1.78. The molecule has 0 aliphatic rings. The van der Waals surface area contributed by atoms with Crippen molar-refractivity contribution in [3.63, 3.8) is 0 Å². The number of nitrogens with zero attached hydrogens (tertiary/aromatic N) is 1. The lowest BCUT2D eigenvalue weighted by molar-refractivity contribution is 0.609. The summed E-state index contributed by atoms with van der Waals surface area (Å²) in [5, 5.41) is 1.44. The summed E-state index contributed by atoms with van der Waals surface area (Å²) < 4.78 is 23.8. The number of halogens is 2. The smallest absolute Gasteiger partial charge is 0.236 e. The van der Waals surface area contributed by atoms with Gasteiger partial charge in [-0.2, -0.15) is 0 Å². The number of benzene rings is 1. The van der Waals surface area contributed by atoms with E-state index < -0.39 is 9.05 Å². The molecule has 0 saturated carbocycles. The summed E-state index contributed by atoms with van der Waals surface area (Å²) in [7, 11) is 3.55. The maximum Gasteiger partial charge on any atom is 0.236 e. The van der Waals surface area contributed by atoms with Gasteiger partial charge in [0.2, 0.25) is 9.05 Å². The number of aromatic nitrogens is 1. The van der Waals surface area contributed by atoms with E-state index in [1.165, 1.54) is 0 Å². The van der Waals surface area contributed by atoms with Crippen molar-refractivity contribution in [1.82, 2.24) is 4.57 Å². The van der Waals surface area contributed by atoms with Crippen molar-refractivity contribution in [2.45, 2.75) is 5.75 Å². The maximum absolute atomic E-state index is 11.0. The molecule has 6 heteroatoms. The van der Waals surface area contributed by atoms with Crippen molar-refractivity contribution in [3.8, 4) is 0 Å². The van der Waals surface area contributed by atoms with Gasteiger partial charge >= 0.3 is 0 Å². The first kappa shape index (κ1) is 11.8. The Kier molecular flexibility index (Phi) is 2.90. The van der Waals surface area contributed by atoms with E-state index in [4.69, 9.17) is 22.3 Å². The summed E-state index contributed by atoms with van der Waals surface area (Å²) in [6, 6.07) is 5.31. The SMILES string of the molecule is Cn1cc(Cl)c2cc(CS(=O)(=O)Cl)ccc21. The Morgan fingerprint density at radius 3 is 2.69 bits per heavy atom. The lowest BCUT2D eigenvalue weighted by Gasteiger charge is -2.00. The lowest BCUT2D eigenvalue weighted by Crippen LogP contribution is -1.94. The largest absolute Gasteiger partial charge is 0.349 e. The highest BCUT2D eigenvalue weighted by molar-refractivity contribution is 8.13. The third kappa shape index (κ3) is 2.34. The van der Waals surface area contributed by atoms with Crippen molar-refractivity contribution < 1.29 is 8.42 Å². The van der Waals surface area contributed by atoms with Crippen LogP contribution >= 0.6 is 22.3 Å². The molecule has 2 aromatic rings. The third-order valence-electron chi connectivity index (χ3n) is 2.34. The fourth-order valence-corrected chi connectivity index (χ4v) is 2.93. The fourth-order valence-electron chi connectivity index (χ4n) is 1.68. The molecule has 1 aromatic carbocycles. The van der Waals surface area contributed by atoms with Gasteiger partial charge in [-0.05, 0) is 17.7 Å². The van der Waals surface area contributed by atoms with Crippen molar-refractivity contribution in [2.24, 2.45) is 7.05 Å². The molecular weight excluding hydrogens is 269 g/mol. The highest BCUT2D eigenvalue weighted by Crippen LogP contribution is 2.26. The van der Waals surface area contributed by atoms with Crippen LogP contribution in [0.5, 0.6) is 0 Å². The van der Waals surface area contributed by atoms with E-state index in [2.05, 4.69) is 0 Å². The molecule has 0 radical (unpaired) electrons. The molecule has 1 aromatic heterocycles. The lowest BCUT2D eigenvalue weighted by atomic mass is 10.2. The molecule has 0 aliphatic heterocycles. The molecule has 0 aliphatic carbocycles. The first-order valence-corrected chi connectivity index (χ1v) is 7.38. The van der Waals surface area contributed by atoms with Crippen molar-refractivity contribution in [1.29, 1.82) is 0 Å². The molecule has 1 heterocycles. The highest BCUT2D eigenvalue weighted by atomic mass is 35.7. The number of fused-ring (bicyclic) bond motifs is 1. The van der Waals surface area contributed by atoms with Gasteiger partial charge in [0.05, 0.1) is 10.8 Å². The summed E-state index contributed by atoms with van der Waals surface area (Å²) in [4.78, 5) is 0. The van der Waals surface area contributed by atoms with E-state index in [1.54, 1.807) is 18.3 Å². The van der Waals surface area contributed by atoms with Crippen LogP contribution in [0.4, 0.5) is 0 Å². The highest BCUT2D eigenvalue weighted by Gasteiger charge is 2.10. The standard InChI is InChI=1S/C10H9Cl2NO2S/c1-13-5-9(11)8-4-7(2-3-10(8)13)6-16(12,14)15/h2-5H,6H2,1H3. The molecule has 3 nitrogen and oxygen atoms in total.